The van der Waals surface area contributed by atoms with E-state index >= 15 is 0 Å². The number of pyridine rings is 1. The lowest BCUT2D eigenvalue weighted by Crippen LogP contribution is -2.31. The van der Waals surface area contributed by atoms with E-state index in [1.165, 1.54) is 5.69 Å². The van der Waals surface area contributed by atoms with E-state index < -0.39 is 0 Å². The van der Waals surface area contributed by atoms with Gasteiger partial charge in [0.25, 0.3) is 5.91 Å². The molecule has 2 aromatic rings. The first-order valence-electron chi connectivity index (χ1n) is 8.58. The van der Waals surface area contributed by atoms with Crippen molar-refractivity contribution in [1.29, 1.82) is 0 Å². The SMILES string of the molecule is CNC(=O)c1ccnc(C[C@@H]2COCCN(Cc3cncn3C)C2)c1. The molecule has 0 aliphatic carbocycles. The molecule has 0 saturated carbocycles. The quantitative estimate of drug-likeness (QED) is 0.872. The summed E-state index contributed by atoms with van der Waals surface area (Å²) in [5, 5.41) is 2.65. The van der Waals surface area contributed by atoms with Gasteiger partial charge in [0.1, 0.15) is 0 Å². The third-order valence-corrected chi connectivity index (χ3v) is 4.53. The van der Waals surface area contributed by atoms with Crippen molar-refractivity contribution in [2.24, 2.45) is 13.0 Å². The van der Waals surface area contributed by atoms with E-state index in [4.69, 9.17) is 4.74 Å². The van der Waals surface area contributed by atoms with Crippen LogP contribution in [0.25, 0.3) is 0 Å². The lowest BCUT2D eigenvalue weighted by Gasteiger charge is -2.23. The zero-order valence-corrected chi connectivity index (χ0v) is 14.8. The van der Waals surface area contributed by atoms with E-state index in [0.29, 0.717) is 18.1 Å². The smallest absolute Gasteiger partial charge is 0.251 e. The van der Waals surface area contributed by atoms with Gasteiger partial charge in [0.2, 0.25) is 0 Å². The van der Waals surface area contributed by atoms with Crippen LogP contribution < -0.4 is 5.32 Å². The third-order valence-electron chi connectivity index (χ3n) is 4.53. The number of aryl methyl sites for hydroxylation is 1. The maximum atomic E-state index is 11.8. The number of imidazole rings is 1. The standard InChI is InChI=1S/C18H25N5O2/c1-19-18(24)15-3-4-21-16(8-15)7-14-10-23(5-6-25-12-14)11-17-9-20-13-22(17)2/h3-4,8-9,13-14H,5-7,10-12H2,1-2H3,(H,19,24)/t14-/m0/s1. The molecular weight excluding hydrogens is 318 g/mol. The Morgan fingerprint density at radius 3 is 3.12 bits per heavy atom. The molecule has 0 unspecified atom stereocenters. The average Bonchev–Trinajstić information content (AvgIpc) is 2.89. The highest BCUT2D eigenvalue weighted by molar-refractivity contribution is 5.93. The van der Waals surface area contributed by atoms with Gasteiger partial charge in [0.15, 0.2) is 0 Å². The fourth-order valence-electron chi connectivity index (χ4n) is 3.16. The lowest BCUT2D eigenvalue weighted by molar-refractivity contribution is 0.0962. The van der Waals surface area contributed by atoms with Crippen LogP contribution in [0.2, 0.25) is 0 Å². The molecule has 0 bridgehead atoms. The molecule has 1 fully saturated rings. The average molecular weight is 343 g/mol. The number of hydrogen-bond acceptors (Lipinski definition) is 5. The summed E-state index contributed by atoms with van der Waals surface area (Å²) in [6.45, 7) is 4.17. The van der Waals surface area contributed by atoms with E-state index in [1.807, 2.05) is 25.6 Å². The predicted octanol–water partition coefficient (Wildman–Crippen LogP) is 0.866. The van der Waals surface area contributed by atoms with Gasteiger partial charge >= 0.3 is 0 Å². The van der Waals surface area contributed by atoms with Crippen LogP contribution in [0.3, 0.4) is 0 Å². The van der Waals surface area contributed by atoms with Gasteiger partial charge in [0, 0.05) is 63.3 Å². The molecule has 1 aliphatic heterocycles. The molecule has 0 spiro atoms. The van der Waals surface area contributed by atoms with Gasteiger partial charge in [-0.15, -0.1) is 0 Å². The van der Waals surface area contributed by atoms with Crippen molar-refractivity contribution >= 4 is 5.91 Å². The molecule has 1 amide bonds. The van der Waals surface area contributed by atoms with Crippen LogP contribution in [0.5, 0.6) is 0 Å². The summed E-state index contributed by atoms with van der Waals surface area (Å²) in [6, 6.07) is 3.61. The monoisotopic (exact) mass is 343 g/mol. The van der Waals surface area contributed by atoms with Crippen LogP contribution in [0.1, 0.15) is 21.7 Å². The molecule has 1 atom stereocenters. The third kappa shape index (κ3) is 4.64. The van der Waals surface area contributed by atoms with Crippen molar-refractivity contribution in [3.8, 4) is 0 Å². The number of carbonyl (C=O) groups is 1. The number of hydrogen-bond donors (Lipinski definition) is 1. The Labute approximate surface area is 148 Å². The highest BCUT2D eigenvalue weighted by atomic mass is 16.5. The number of nitrogens with one attached hydrogen (secondary N) is 1. The van der Waals surface area contributed by atoms with Gasteiger partial charge in [-0.2, -0.15) is 0 Å². The first-order chi connectivity index (χ1) is 12.2. The van der Waals surface area contributed by atoms with Crippen molar-refractivity contribution in [1.82, 2.24) is 24.8 Å². The summed E-state index contributed by atoms with van der Waals surface area (Å²) >= 11 is 0. The Morgan fingerprint density at radius 1 is 1.48 bits per heavy atom. The molecule has 25 heavy (non-hydrogen) atoms. The second kappa shape index (κ2) is 8.22. The Hall–Kier alpha value is -2.25. The van der Waals surface area contributed by atoms with Gasteiger partial charge in [-0.05, 0) is 18.6 Å². The van der Waals surface area contributed by atoms with Crippen LogP contribution in [0.15, 0.2) is 30.9 Å². The minimum Gasteiger partial charge on any atom is -0.380 e. The molecule has 7 nitrogen and oxygen atoms in total. The molecule has 134 valence electrons. The number of aromatic nitrogens is 3. The van der Waals surface area contributed by atoms with Crippen LogP contribution in [-0.2, 0) is 24.8 Å². The number of nitrogens with zero attached hydrogens (tertiary/aromatic N) is 4. The molecule has 1 aliphatic rings. The normalized spacial score (nSPS) is 18.7. The molecule has 3 rings (SSSR count). The zero-order chi connectivity index (χ0) is 17.6. The van der Waals surface area contributed by atoms with Crippen molar-refractivity contribution in [2.75, 3.05) is 33.4 Å². The Kier molecular flexibility index (Phi) is 5.78. The van der Waals surface area contributed by atoms with Gasteiger partial charge in [-0.1, -0.05) is 0 Å². The molecule has 7 heteroatoms. The Bertz CT molecular complexity index is 715. The fourth-order valence-corrected chi connectivity index (χ4v) is 3.16. The second-order valence-corrected chi connectivity index (χ2v) is 6.49. The van der Waals surface area contributed by atoms with E-state index in [-0.39, 0.29) is 5.91 Å². The molecule has 0 radical (unpaired) electrons. The summed E-state index contributed by atoms with van der Waals surface area (Å²) in [5.74, 6) is 0.266. The van der Waals surface area contributed by atoms with Crippen LogP contribution in [0, 0.1) is 5.92 Å². The summed E-state index contributed by atoms with van der Waals surface area (Å²) in [5.41, 5.74) is 2.77. The van der Waals surface area contributed by atoms with E-state index in [2.05, 4.69) is 24.8 Å². The van der Waals surface area contributed by atoms with E-state index in [0.717, 1.165) is 38.4 Å². The van der Waals surface area contributed by atoms with E-state index in [9.17, 15) is 4.79 Å². The molecule has 1 saturated heterocycles. The minimum absolute atomic E-state index is 0.0846. The lowest BCUT2D eigenvalue weighted by atomic mass is 10.0. The van der Waals surface area contributed by atoms with Crippen LogP contribution in [0.4, 0.5) is 0 Å². The number of carbonyl (C=O) groups excluding carboxylic acids is 1. The van der Waals surface area contributed by atoms with E-state index in [1.54, 1.807) is 19.3 Å². The first-order valence-corrected chi connectivity index (χ1v) is 8.58. The largest absolute Gasteiger partial charge is 0.380 e. The van der Waals surface area contributed by atoms with Crippen molar-refractivity contribution < 1.29 is 9.53 Å². The highest BCUT2D eigenvalue weighted by Crippen LogP contribution is 2.15. The minimum atomic E-state index is -0.0846. The summed E-state index contributed by atoms with van der Waals surface area (Å²) in [4.78, 5) is 22.8. The van der Waals surface area contributed by atoms with Crippen LogP contribution >= 0.6 is 0 Å². The van der Waals surface area contributed by atoms with Gasteiger partial charge in [-0.3, -0.25) is 14.7 Å². The van der Waals surface area contributed by atoms with Gasteiger partial charge in [0.05, 0.1) is 25.2 Å². The summed E-state index contributed by atoms with van der Waals surface area (Å²) in [7, 11) is 3.65. The number of ether oxygens (including phenoxy) is 1. The number of amides is 1. The maximum Gasteiger partial charge on any atom is 0.251 e. The van der Waals surface area contributed by atoms with Crippen LogP contribution in [-0.4, -0.2) is 58.7 Å². The van der Waals surface area contributed by atoms with Crippen molar-refractivity contribution in [3.05, 3.63) is 47.8 Å². The van der Waals surface area contributed by atoms with Crippen molar-refractivity contribution in [3.63, 3.8) is 0 Å². The maximum absolute atomic E-state index is 11.8. The molecule has 0 aromatic carbocycles. The predicted molar refractivity (Wildman–Crippen MR) is 94.1 cm³/mol. The van der Waals surface area contributed by atoms with Crippen molar-refractivity contribution in [2.45, 2.75) is 13.0 Å². The van der Waals surface area contributed by atoms with Gasteiger partial charge in [-0.25, -0.2) is 4.98 Å². The van der Waals surface area contributed by atoms with Gasteiger partial charge < -0.3 is 14.6 Å². The first kappa shape index (κ1) is 17.6. The Morgan fingerprint density at radius 2 is 2.36 bits per heavy atom. The highest BCUT2D eigenvalue weighted by Gasteiger charge is 2.21. The zero-order valence-electron chi connectivity index (χ0n) is 14.8. The summed E-state index contributed by atoms with van der Waals surface area (Å²) < 4.78 is 7.84. The summed E-state index contributed by atoms with van der Waals surface area (Å²) in [6.07, 6.45) is 6.24. The number of rotatable bonds is 5. The topological polar surface area (TPSA) is 72.3 Å². The molecule has 3 heterocycles. The molecule has 2 aromatic heterocycles. The molecular formula is C18H25N5O2. The fraction of sp³-hybridized carbons (Fsp3) is 0.500. The molecule has 1 N–H and O–H groups in total. The Balaban J connectivity index is 1.65. The second-order valence-electron chi connectivity index (χ2n) is 6.49.